The van der Waals surface area contributed by atoms with Crippen molar-refractivity contribution in [3.05, 3.63) is 41.7 Å². The number of sulfonamides is 1. The number of halogens is 1. The summed E-state index contributed by atoms with van der Waals surface area (Å²) in [5, 5.41) is 0.309. The fraction of sp³-hybridized carbons (Fsp3) is 0.0909. The van der Waals surface area contributed by atoms with Crippen molar-refractivity contribution in [2.75, 3.05) is 10.5 Å². The molecule has 0 aliphatic carbocycles. The number of aromatic nitrogens is 1. The van der Waals surface area contributed by atoms with Crippen LogP contribution in [-0.4, -0.2) is 13.0 Å². The average molecular weight is 286 g/mol. The van der Waals surface area contributed by atoms with E-state index in [1.54, 1.807) is 29.9 Å². The molecule has 0 radical (unpaired) electrons. The zero-order chi connectivity index (χ0) is 13.3. The van der Waals surface area contributed by atoms with E-state index >= 15 is 0 Å². The molecule has 0 fully saturated rings. The van der Waals surface area contributed by atoms with Gasteiger partial charge in [-0.25, -0.2) is 8.42 Å². The minimum Gasteiger partial charge on any atom is -0.398 e. The predicted octanol–water partition coefficient (Wildman–Crippen LogP) is 2.06. The standard InChI is InChI=1S/C11H12ClN3O2S/c1-15-5-4-9(7-15)18(16,17)14-8-2-3-11(13)10(12)6-8/h2-7,14H,13H2,1H3. The lowest BCUT2D eigenvalue weighted by Crippen LogP contribution is -2.12. The van der Waals surface area contributed by atoms with Crippen molar-refractivity contribution in [2.45, 2.75) is 4.90 Å². The predicted molar refractivity (Wildman–Crippen MR) is 72.1 cm³/mol. The summed E-state index contributed by atoms with van der Waals surface area (Å²) in [5.41, 5.74) is 6.33. The lowest BCUT2D eigenvalue weighted by molar-refractivity contribution is 0.601. The summed E-state index contributed by atoms with van der Waals surface area (Å²) in [5.74, 6) is 0. The van der Waals surface area contributed by atoms with Crippen LogP contribution in [0, 0.1) is 0 Å². The van der Waals surface area contributed by atoms with E-state index in [1.165, 1.54) is 18.3 Å². The molecule has 1 aromatic heterocycles. The molecule has 1 aromatic carbocycles. The zero-order valence-corrected chi connectivity index (χ0v) is 11.2. The van der Waals surface area contributed by atoms with E-state index in [2.05, 4.69) is 4.72 Å². The highest BCUT2D eigenvalue weighted by molar-refractivity contribution is 7.92. The molecule has 0 aliphatic heterocycles. The molecular weight excluding hydrogens is 274 g/mol. The Kier molecular flexibility index (Phi) is 3.23. The first-order valence-corrected chi connectivity index (χ1v) is 6.94. The second-order valence-electron chi connectivity index (χ2n) is 3.85. The van der Waals surface area contributed by atoms with Crippen molar-refractivity contribution < 1.29 is 8.42 Å². The van der Waals surface area contributed by atoms with Gasteiger partial charge in [-0.15, -0.1) is 0 Å². The number of hydrogen-bond donors (Lipinski definition) is 2. The van der Waals surface area contributed by atoms with E-state index in [4.69, 9.17) is 17.3 Å². The highest BCUT2D eigenvalue weighted by Gasteiger charge is 2.15. The number of nitrogens with one attached hydrogen (secondary N) is 1. The van der Waals surface area contributed by atoms with Gasteiger partial charge in [0.15, 0.2) is 0 Å². The Balaban J connectivity index is 2.30. The zero-order valence-electron chi connectivity index (χ0n) is 9.59. The molecule has 0 saturated heterocycles. The molecule has 0 bridgehead atoms. The van der Waals surface area contributed by atoms with Gasteiger partial charge in [0, 0.05) is 19.4 Å². The topological polar surface area (TPSA) is 77.1 Å². The van der Waals surface area contributed by atoms with Gasteiger partial charge in [-0.1, -0.05) is 11.6 Å². The highest BCUT2D eigenvalue weighted by atomic mass is 35.5. The quantitative estimate of drug-likeness (QED) is 0.848. The minimum absolute atomic E-state index is 0.193. The fourth-order valence-electron chi connectivity index (χ4n) is 1.44. The Morgan fingerprint density at radius 1 is 1.33 bits per heavy atom. The van der Waals surface area contributed by atoms with E-state index in [-0.39, 0.29) is 4.90 Å². The maximum Gasteiger partial charge on any atom is 0.263 e. The third-order valence-electron chi connectivity index (χ3n) is 2.37. The molecule has 0 amide bonds. The molecule has 5 nitrogen and oxygen atoms in total. The van der Waals surface area contributed by atoms with Gasteiger partial charge in [-0.05, 0) is 24.3 Å². The van der Waals surface area contributed by atoms with Gasteiger partial charge in [0.05, 0.1) is 16.4 Å². The van der Waals surface area contributed by atoms with Crippen molar-refractivity contribution in [2.24, 2.45) is 7.05 Å². The monoisotopic (exact) mass is 285 g/mol. The summed E-state index contributed by atoms with van der Waals surface area (Å²) in [6, 6.07) is 6.09. The Morgan fingerprint density at radius 2 is 2.06 bits per heavy atom. The molecule has 0 saturated carbocycles. The number of nitrogens with zero attached hydrogens (tertiary/aromatic N) is 1. The summed E-state index contributed by atoms with van der Waals surface area (Å²) in [6.07, 6.45) is 3.17. The molecular formula is C11H12ClN3O2S. The molecule has 0 atom stereocenters. The molecule has 0 aliphatic rings. The first-order valence-electron chi connectivity index (χ1n) is 5.08. The van der Waals surface area contributed by atoms with Crippen LogP contribution in [0.3, 0.4) is 0 Å². The van der Waals surface area contributed by atoms with Crippen LogP contribution in [0.1, 0.15) is 0 Å². The second kappa shape index (κ2) is 4.55. The van der Waals surface area contributed by atoms with Gasteiger partial charge in [-0.2, -0.15) is 0 Å². The van der Waals surface area contributed by atoms with Crippen LogP contribution in [0.2, 0.25) is 5.02 Å². The smallest absolute Gasteiger partial charge is 0.263 e. The molecule has 3 N–H and O–H groups in total. The number of aryl methyl sites for hydroxylation is 1. The van der Waals surface area contributed by atoms with Crippen LogP contribution in [0.15, 0.2) is 41.6 Å². The number of hydrogen-bond acceptors (Lipinski definition) is 3. The maximum absolute atomic E-state index is 12.0. The molecule has 0 unspecified atom stereocenters. The molecule has 7 heteroatoms. The van der Waals surface area contributed by atoms with Gasteiger partial charge < -0.3 is 10.3 Å². The van der Waals surface area contributed by atoms with Crippen molar-refractivity contribution >= 4 is 33.0 Å². The van der Waals surface area contributed by atoms with Gasteiger partial charge >= 0.3 is 0 Å². The third kappa shape index (κ3) is 2.60. The summed E-state index contributed by atoms with van der Waals surface area (Å²) in [6.45, 7) is 0. The lowest BCUT2D eigenvalue weighted by atomic mass is 10.3. The number of nitrogen functional groups attached to an aromatic ring is 1. The van der Waals surface area contributed by atoms with Crippen molar-refractivity contribution in [3.63, 3.8) is 0 Å². The molecule has 96 valence electrons. The van der Waals surface area contributed by atoms with Gasteiger partial charge in [0.2, 0.25) is 0 Å². The highest BCUT2D eigenvalue weighted by Crippen LogP contribution is 2.24. The summed E-state index contributed by atoms with van der Waals surface area (Å²) in [7, 11) is -1.84. The summed E-state index contributed by atoms with van der Waals surface area (Å²) < 4.78 is 28.1. The second-order valence-corrected chi connectivity index (χ2v) is 5.94. The van der Waals surface area contributed by atoms with Gasteiger partial charge in [0.25, 0.3) is 10.0 Å². The average Bonchev–Trinajstić information content (AvgIpc) is 2.71. The lowest BCUT2D eigenvalue weighted by Gasteiger charge is -2.07. The SMILES string of the molecule is Cn1ccc(S(=O)(=O)Nc2ccc(N)c(Cl)c2)c1. The van der Waals surface area contributed by atoms with E-state index in [0.29, 0.717) is 16.4 Å². The first kappa shape index (κ1) is 12.8. The Morgan fingerprint density at radius 3 is 2.61 bits per heavy atom. The number of nitrogens with two attached hydrogens (primary N) is 1. The van der Waals surface area contributed by atoms with E-state index in [1.807, 2.05) is 0 Å². The van der Waals surface area contributed by atoms with Crippen LogP contribution in [0.5, 0.6) is 0 Å². The summed E-state index contributed by atoms with van der Waals surface area (Å²) >= 11 is 5.83. The van der Waals surface area contributed by atoms with Crippen LogP contribution >= 0.6 is 11.6 Å². The van der Waals surface area contributed by atoms with Crippen molar-refractivity contribution in [3.8, 4) is 0 Å². The molecule has 1 heterocycles. The number of anilines is 2. The van der Waals surface area contributed by atoms with Crippen LogP contribution in [-0.2, 0) is 17.1 Å². The Labute approximate surface area is 110 Å². The van der Waals surface area contributed by atoms with Gasteiger partial charge in [-0.3, -0.25) is 4.72 Å². The van der Waals surface area contributed by atoms with Gasteiger partial charge in [0.1, 0.15) is 4.90 Å². The number of benzene rings is 1. The summed E-state index contributed by atoms with van der Waals surface area (Å²) in [4.78, 5) is 0.193. The van der Waals surface area contributed by atoms with E-state index in [0.717, 1.165) is 0 Å². The Hall–Kier alpha value is -1.66. The van der Waals surface area contributed by atoms with E-state index in [9.17, 15) is 8.42 Å². The van der Waals surface area contributed by atoms with Crippen LogP contribution in [0.4, 0.5) is 11.4 Å². The molecule has 2 aromatic rings. The molecule has 2 rings (SSSR count). The number of rotatable bonds is 3. The van der Waals surface area contributed by atoms with Crippen LogP contribution in [0.25, 0.3) is 0 Å². The van der Waals surface area contributed by atoms with Crippen molar-refractivity contribution in [1.82, 2.24) is 4.57 Å². The third-order valence-corrected chi connectivity index (χ3v) is 4.06. The minimum atomic E-state index is -3.59. The van der Waals surface area contributed by atoms with Crippen molar-refractivity contribution in [1.29, 1.82) is 0 Å². The normalized spacial score (nSPS) is 11.4. The molecule has 18 heavy (non-hydrogen) atoms. The fourth-order valence-corrected chi connectivity index (χ4v) is 2.72. The first-order chi connectivity index (χ1) is 8.38. The molecule has 0 spiro atoms. The Bertz CT molecular complexity index is 679. The van der Waals surface area contributed by atoms with E-state index < -0.39 is 10.0 Å². The largest absolute Gasteiger partial charge is 0.398 e. The maximum atomic E-state index is 12.0. The van der Waals surface area contributed by atoms with Crippen LogP contribution < -0.4 is 10.5 Å².